The number of fused-ring (bicyclic) bond motifs is 3. The van der Waals surface area contributed by atoms with Gasteiger partial charge in [0.25, 0.3) is 5.91 Å². The number of benzene rings is 1. The number of rotatable bonds is 3. The average Bonchev–Trinajstić information content (AvgIpc) is 3.05. The Hall–Kier alpha value is -2.37. The van der Waals surface area contributed by atoms with Crippen LogP contribution < -0.4 is 4.74 Å². The van der Waals surface area contributed by atoms with Gasteiger partial charge in [0.05, 0.1) is 6.04 Å². The molecule has 120 valence electrons. The molecule has 3 heterocycles. The highest BCUT2D eigenvalue weighted by atomic mass is 16.5. The summed E-state index contributed by atoms with van der Waals surface area (Å²) in [6.07, 6.45) is 2.86. The van der Waals surface area contributed by atoms with Crippen LogP contribution in [0.1, 0.15) is 24.5 Å². The summed E-state index contributed by atoms with van der Waals surface area (Å²) in [7, 11) is 0. The minimum Gasteiger partial charge on any atom is -0.484 e. The highest BCUT2D eigenvalue weighted by Gasteiger charge is 2.40. The molecule has 23 heavy (non-hydrogen) atoms. The van der Waals surface area contributed by atoms with Crippen LogP contribution in [0.5, 0.6) is 5.75 Å². The number of carbonyl (C=O) groups is 1. The number of nitrogens with zero attached hydrogens (tertiary/aromatic N) is 4. The fourth-order valence-electron chi connectivity index (χ4n) is 3.72. The van der Waals surface area contributed by atoms with Crippen molar-refractivity contribution in [3.63, 3.8) is 0 Å². The largest absolute Gasteiger partial charge is 0.484 e. The van der Waals surface area contributed by atoms with Crippen LogP contribution >= 0.6 is 0 Å². The standard InChI is InChI=1S/C17H20N4O2/c1-12-18-19-16-9-13-7-8-14(10-20(12)16)21(13)17(22)11-23-15-5-3-2-4-6-15/h2-6,13-14H,7-11H2,1H3/t13-,14+/m0/s1. The first kappa shape index (κ1) is 14.2. The maximum atomic E-state index is 12.7. The van der Waals surface area contributed by atoms with E-state index in [4.69, 9.17) is 4.74 Å². The molecule has 6 heteroatoms. The number of ether oxygens (including phenoxy) is 1. The minimum absolute atomic E-state index is 0.0673. The van der Waals surface area contributed by atoms with Gasteiger partial charge in [0.15, 0.2) is 6.61 Å². The monoisotopic (exact) mass is 312 g/mol. The quantitative estimate of drug-likeness (QED) is 0.863. The summed E-state index contributed by atoms with van der Waals surface area (Å²) in [6.45, 7) is 2.86. The van der Waals surface area contributed by atoms with Gasteiger partial charge in [0.2, 0.25) is 0 Å². The highest BCUT2D eigenvalue weighted by molar-refractivity contribution is 5.79. The molecule has 0 radical (unpaired) electrons. The summed E-state index contributed by atoms with van der Waals surface area (Å²) in [5.74, 6) is 2.73. The zero-order chi connectivity index (χ0) is 15.8. The summed E-state index contributed by atoms with van der Waals surface area (Å²) in [6, 6.07) is 9.93. The SMILES string of the molecule is Cc1nnc2n1C[C@H]1CC[C@@H](C2)N1C(=O)COc1ccccc1. The normalized spacial score (nSPS) is 22.6. The van der Waals surface area contributed by atoms with Gasteiger partial charge in [-0.1, -0.05) is 18.2 Å². The Kier molecular flexibility index (Phi) is 3.52. The molecule has 1 aromatic heterocycles. The molecule has 0 N–H and O–H groups in total. The second-order valence-corrected chi connectivity index (χ2v) is 6.27. The molecule has 2 aromatic rings. The molecule has 0 saturated carbocycles. The zero-order valence-corrected chi connectivity index (χ0v) is 13.2. The van der Waals surface area contributed by atoms with E-state index in [0.717, 1.165) is 43.2 Å². The number of hydrogen-bond acceptors (Lipinski definition) is 4. The van der Waals surface area contributed by atoms with Gasteiger partial charge in [-0.2, -0.15) is 0 Å². The van der Waals surface area contributed by atoms with Gasteiger partial charge < -0.3 is 14.2 Å². The average molecular weight is 312 g/mol. The molecular formula is C17H20N4O2. The Bertz CT molecular complexity index is 713. The predicted octanol–water partition coefficient (Wildman–Crippen LogP) is 1.58. The summed E-state index contributed by atoms with van der Waals surface area (Å²) in [4.78, 5) is 14.7. The molecule has 4 rings (SSSR count). The summed E-state index contributed by atoms with van der Waals surface area (Å²) >= 11 is 0. The lowest BCUT2D eigenvalue weighted by atomic mass is 10.1. The minimum atomic E-state index is 0.0673. The van der Waals surface area contributed by atoms with E-state index >= 15 is 0 Å². The van der Waals surface area contributed by atoms with Crippen LogP contribution in [0.15, 0.2) is 30.3 Å². The molecule has 2 bridgehead atoms. The number of aromatic nitrogens is 3. The van der Waals surface area contributed by atoms with Crippen molar-refractivity contribution in [1.29, 1.82) is 0 Å². The van der Waals surface area contributed by atoms with Crippen molar-refractivity contribution in [2.45, 2.75) is 44.8 Å². The Morgan fingerprint density at radius 2 is 2.00 bits per heavy atom. The molecule has 2 aliphatic rings. The molecule has 0 unspecified atom stereocenters. The van der Waals surface area contributed by atoms with Crippen molar-refractivity contribution in [3.8, 4) is 5.75 Å². The smallest absolute Gasteiger partial charge is 0.261 e. The van der Waals surface area contributed by atoms with Crippen molar-refractivity contribution in [1.82, 2.24) is 19.7 Å². The molecular weight excluding hydrogens is 292 g/mol. The van der Waals surface area contributed by atoms with Gasteiger partial charge in [0, 0.05) is 19.0 Å². The molecule has 1 amide bonds. The van der Waals surface area contributed by atoms with E-state index in [1.165, 1.54) is 0 Å². The third kappa shape index (κ3) is 2.58. The lowest BCUT2D eigenvalue weighted by Crippen LogP contribution is -2.44. The molecule has 6 nitrogen and oxygen atoms in total. The first-order chi connectivity index (χ1) is 11.2. The number of hydrogen-bond donors (Lipinski definition) is 0. The van der Waals surface area contributed by atoms with E-state index in [9.17, 15) is 4.79 Å². The number of amides is 1. The first-order valence-electron chi connectivity index (χ1n) is 8.10. The third-order valence-corrected chi connectivity index (χ3v) is 4.84. The van der Waals surface area contributed by atoms with Crippen LogP contribution in [0, 0.1) is 6.92 Å². The molecule has 0 aliphatic carbocycles. The second-order valence-electron chi connectivity index (χ2n) is 6.27. The van der Waals surface area contributed by atoms with E-state index in [-0.39, 0.29) is 24.6 Å². The van der Waals surface area contributed by atoms with Crippen molar-refractivity contribution in [2.75, 3.05) is 6.61 Å². The fourth-order valence-corrected chi connectivity index (χ4v) is 3.72. The molecule has 2 aliphatic heterocycles. The van der Waals surface area contributed by atoms with Crippen LogP contribution in [-0.2, 0) is 17.8 Å². The third-order valence-electron chi connectivity index (χ3n) is 4.84. The Morgan fingerprint density at radius 1 is 1.22 bits per heavy atom. The molecule has 2 atom stereocenters. The van der Waals surface area contributed by atoms with Gasteiger partial charge in [-0.05, 0) is 31.9 Å². The van der Waals surface area contributed by atoms with E-state index in [1.54, 1.807) is 0 Å². The number of aryl methyl sites for hydroxylation is 1. The Balaban J connectivity index is 1.48. The van der Waals surface area contributed by atoms with Crippen molar-refractivity contribution < 1.29 is 9.53 Å². The van der Waals surface area contributed by atoms with Crippen molar-refractivity contribution in [3.05, 3.63) is 42.0 Å². The van der Waals surface area contributed by atoms with Gasteiger partial charge >= 0.3 is 0 Å². The molecule has 1 saturated heterocycles. The predicted molar refractivity (Wildman–Crippen MR) is 84.1 cm³/mol. The number of carbonyl (C=O) groups excluding carboxylic acids is 1. The lowest BCUT2D eigenvalue weighted by molar-refractivity contribution is -0.136. The van der Waals surface area contributed by atoms with Gasteiger partial charge in [0.1, 0.15) is 17.4 Å². The first-order valence-corrected chi connectivity index (χ1v) is 8.10. The highest BCUT2D eigenvalue weighted by Crippen LogP contribution is 2.31. The molecule has 0 spiro atoms. The van der Waals surface area contributed by atoms with Crippen molar-refractivity contribution >= 4 is 5.91 Å². The van der Waals surface area contributed by atoms with E-state index in [2.05, 4.69) is 14.8 Å². The van der Waals surface area contributed by atoms with Gasteiger partial charge in [-0.3, -0.25) is 4.79 Å². The van der Waals surface area contributed by atoms with Crippen LogP contribution in [0.2, 0.25) is 0 Å². The molecule has 1 aromatic carbocycles. The lowest BCUT2D eigenvalue weighted by Gasteiger charge is -2.28. The maximum Gasteiger partial charge on any atom is 0.261 e. The van der Waals surface area contributed by atoms with E-state index in [1.807, 2.05) is 42.2 Å². The van der Waals surface area contributed by atoms with Crippen LogP contribution in [0.25, 0.3) is 0 Å². The topological polar surface area (TPSA) is 60.2 Å². The van der Waals surface area contributed by atoms with Gasteiger partial charge in [-0.25, -0.2) is 0 Å². The Morgan fingerprint density at radius 3 is 2.83 bits per heavy atom. The zero-order valence-electron chi connectivity index (χ0n) is 13.2. The second kappa shape index (κ2) is 5.68. The van der Waals surface area contributed by atoms with E-state index in [0.29, 0.717) is 0 Å². The summed E-state index contributed by atoms with van der Waals surface area (Å²) < 4.78 is 7.80. The van der Waals surface area contributed by atoms with E-state index < -0.39 is 0 Å². The Labute approximate surface area is 135 Å². The summed E-state index contributed by atoms with van der Waals surface area (Å²) in [5.41, 5.74) is 0. The van der Waals surface area contributed by atoms with Gasteiger partial charge in [-0.15, -0.1) is 10.2 Å². The number of para-hydroxylation sites is 1. The van der Waals surface area contributed by atoms with Crippen LogP contribution in [0.3, 0.4) is 0 Å². The molecule has 1 fully saturated rings. The maximum absolute atomic E-state index is 12.7. The van der Waals surface area contributed by atoms with Crippen molar-refractivity contribution in [2.24, 2.45) is 0 Å². The fraction of sp³-hybridized carbons (Fsp3) is 0.471. The van der Waals surface area contributed by atoms with Crippen LogP contribution in [-0.4, -0.2) is 44.3 Å². The van der Waals surface area contributed by atoms with Crippen LogP contribution in [0.4, 0.5) is 0 Å². The summed E-state index contributed by atoms with van der Waals surface area (Å²) in [5, 5.41) is 8.43.